The van der Waals surface area contributed by atoms with Crippen LogP contribution in [0.15, 0.2) is 30.3 Å². The minimum absolute atomic E-state index is 0.209. The molecule has 0 unspecified atom stereocenters. The van der Waals surface area contributed by atoms with Crippen LogP contribution in [0.2, 0.25) is 15.1 Å². The van der Waals surface area contributed by atoms with Gasteiger partial charge >= 0.3 is 0 Å². The summed E-state index contributed by atoms with van der Waals surface area (Å²) < 4.78 is 0. The van der Waals surface area contributed by atoms with Gasteiger partial charge in [0.2, 0.25) is 11.8 Å². The van der Waals surface area contributed by atoms with Gasteiger partial charge in [-0.25, -0.2) is 0 Å². The summed E-state index contributed by atoms with van der Waals surface area (Å²) in [5, 5.41) is 3.73. The van der Waals surface area contributed by atoms with E-state index in [4.69, 9.17) is 34.8 Å². The molecular formula is C18H17Cl3N2O2. The second-order valence-electron chi connectivity index (χ2n) is 5.66. The molecule has 0 radical (unpaired) electrons. The minimum Gasteiger partial charge on any atom is -0.323 e. The molecule has 0 saturated carbocycles. The highest BCUT2D eigenvalue weighted by molar-refractivity contribution is 6.44. The monoisotopic (exact) mass is 398 g/mol. The molecule has 2 aromatic rings. The lowest BCUT2D eigenvalue weighted by molar-refractivity contribution is -0.120. The molecule has 25 heavy (non-hydrogen) atoms. The first-order valence-electron chi connectivity index (χ1n) is 7.49. The van der Waals surface area contributed by atoms with Gasteiger partial charge in [0.25, 0.3) is 0 Å². The van der Waals surface area contributed by atoms with Gasteiger partial charge in [0.1, 0.15) is 6.54 Å². The second kappa shape index (κ2) is 8.09. The lowest BCUT2D eigenvalue weighted by atomic mass is 10.1. The Labute approximate surface area is 161 Å². The summed E-state index contributed by atoms with van der Waals surface area (Å²) in [6.45, 7) is 4.92. The topological polar surface area (TPSA) is 49.4 Å². The van der Waals surface area contributed by atoms with Crippen molar-refractivity contribution in [1.29, 1.82) is 0 Å². The summed E-state index contributed by atoms with van der Waals surface area (Å²) in [5.41, 5.74) is 2.74. The van der Waals surface area contributed by atoms with E-state index in [9.17, 15) is 9.59 Å². The van der Waals surface area contributed by atoms with Crippen molar-refractivity contribution >= 4 is 58.0 Å². The summed E-state index contributed by atoms with van der Waals surface area (Å²) in [4.78, 5) is 25.7. The molecule has 0 atom stereocenters. The SMILES string of the molecule is CC(=O)N(CC(=O)Nc1c(C)cc(C)cc1Cl)c1cccc(Cl)c1Cl. The molecule has 2 amide bonds. The van der Waals surface area contributed by atoms with Crippen molar-refractivity contribution in [2.45, 2.75) is 20.8 Å². The largest absolute Gasteiger partial charge is 0.323 e. The Kier molecular flexibility index (Phi) is 6.33. The number of hydrogen-bond acceptors (Lipinski definition) is 2. The Balaban J connectivity index is 2.25. The Hall–Kier alpha value is -1.75. The predicted octanol–water partition coefficient (Wildman–Crippen LogP) is 5.26. The van der Waals surface area contributed by atoms with Gasteiger partial charge in [0.15, 0.2) is 0 Å². The molecule has 0 aliphatic heterocycles. The molecule has 4 nitrogen and oxygen atoms in total. The number of nitrogens with zero attached hydrogens (tertiary/aromatic N) is 1. The molecule has 2 rings (SSSR count). The van der Waals surface area contributed by atoms with Gasteiger partial charge in [-0.1, -0.05) is 46.9 Å². The zero-order valence-corrected chi connectivity index (χ0v) is 16.3. The third-order valence-corrected chi connectivity index (χ3v) is 4.71. The van der Waals surface area contributed by atoms with E-state index >= 15 is 0 Å². The summed E-state index contributed by atoms with van der Waals surface area (Å²) in [5.74, 6) is -0.717. The van der Waals surface area contributed by atoms with Gasteiger partial charge in [-0.3, -0.25) is 9.59 Å². The molecule has 0 aromatic heterocycles. The highest BCUT2D eigenvalue weighted by Crippen LogP contribution is 2.33. The van der Waals surface area contributed by atoms with E-state index in [2.05, 4.69) is 5.32 Å². The maximum atomic E-state index is 12.4. The fraction of sp³-hybridized carbons (Fsp3) is 0.222. The van der Waals surface area contributed by atoms with Gasteiger partial charge in [-0.15, -0.1) is 0 Å². The van der Waals surface area contributed by atoms with E-state index in [1.807, 2.05) is 19.9 Å². The molecule has 1 N–H and O–H groups in total. The van der Waals surface area contributed by atoms with Crippen LogP contribution in [0.1, 0.15) is 18.1 Å². The van der Waals surface area contributed by atoms with Crippen molar-refractivity contribution in [2.75, 3.05) is 16.8 Å². The van der Waals surface area contributed by atoms with Crippen molar-refractivity contribution in [1.82, 2.24) is 0 Å². The van der Waals surface area contributed by atoms with Crippen molar-refractivity contribution in [3.8, 4) is 0 Å². The Bertz CT molecular complexity index is 814. The van der Waals surface area contributed by atoms with Crippen LogP contribution >= 0.6 is 34.8 Å². The predicted molar refractivity (Wildman–Crippen MR) is 104 cm³/mol. The number of benzene rings is 2. The summed E-state index contributed by atoms with van der Waals surface area (Å²) >= 11 is 18.4. The third kappa shape index (κ3) is 4.66. The number of nitrogens with one attached hydrogen (secondary N) is 1. The maximum absolute atomic E-state index is 12.4. The first-order chi connectivity index (χ1) is 11.7. The quantitative estimate of drug-likeness (QED) is 0.763. The molecule has 0 spiro atoms. The maximum Gasteiger partial charge on any atom is 0.244 e. The summed E-state index contributed by atoms with van der Waals surface area (Å²) in [7, 11) is 0. The first kappa shape index (κ1) is 19.6. The zero-order valence-electron chi connectivity index (χ0n) is 14.0. The lowest BCUT2D eigenvalue weighted by Gasteiger charge is -2.22. The molecule has 0 saturated heterocycles. The Morgan fingerprint density at radius 2 is 1.76 bits per heavy atom. The van der Waals surface area contributed by atoms with E-state index in [0.717, 1.165) is 11.1 Å². The number of anilines is 2. The van der Waals surface area contributed by atoms with Crippen LogP contribution in [0.3, 0.4) is 0 Å². The number of amides is 2. The number of hydrogen-bond donors (Lipinski definition) is 1. The number of carbonyl (C=O) groups is 2. The van der Waals surface area contributed by atoms with Gasteiger partial charge < -0.3 is 10.2 Å². The van der Waals surface area contributed by atoms with E-state index < -0.39 is 0 Å². The minimum atomic E-state index is -0.389. The summed E-state index contributed by atoms with van der Waals surface area (Å²) in [6.07, 6.45) is 0. The Morgan fingerprint density at radius 3 is 2.36 bits per heavy atom. The number of aryl methyl sites for hydroxylation is 2. The van der Waals surface area contributed by atoms with Crippen molar-refractivity contribution in [3.05, 3.63) is 56.5 Å². The molecule has 7 heteroatoms. The fourth-order valence-electron chi connectivity index (χ4n) is 2.46. The third-order valence-electron chi connectivity index (χ3n) is 3.60. The fourth-order valence-corrected chi connectivity index (χ4v) is 3.23. The van der Waals surface area contributed by atoms with E-state index in [-0.39, 0.29) is 23.4 Å². The van der Waals surface area contributed by atoms with Crippen LogP contribution in [0.5, 0.6) is 0 Å². The summed E-state index contributed by atoms with van der Waals surface area (Å²) in [6, 6.07) is 8.59. The highest BCUT2D eigenvalue weighted by Gasteiger charge is 2.20. The van der Waals surface area contributed by atoms with E-state index in [1.165, 1.54) is 11.8 Å². The van der Waals surface area contributed by atoms with Gasteiger partial charge in [0, 0.05) is 6.92 Å². The van der Waals surface area contributed by atoms with Crippen molar-refractivity contribution in [2.24, 2.45) is 0 Å². The molecule has 0 aliphatic rings. The van der Waals surface area contributed by atoms with Gasteiger partial charge in [-0.2, -0.15) is 0 Å². The van der Waals surface area contributed by atoms with Crippen molar-refractivity contribution in [3.63, 3.8) is 0 Å². The van der Waals surface area contributed by atoms with Crippen LogP contribution in [0.4, 0.5) is 11.4 Å². The van der Waals surface area contributed by atoms with Gasteiger partial charge in [0.05, 0.1) is 26.4 Å². The average Bonchev–Trinajstić information content (AvgIpc) is 2.51. The molecule has 0 fully saturated rings. The van der Waals surface area contributed by atoms with Crippen LogP contribution in [-0.2, 0) is 9.59 Å². The van der Waals surface area contributed by atoms with Crippen LogP contribution in [0.25, 0.3) is 0 Å². The van der Waals surface area contributed by atoms with Crippen LogP contribution in [-0.4, -0.2) is 18.4 Å². The van der Waals surface area contributed by atoms with E-state index in [1.54, 1.807) is 24.3 Å². The normalized spacial score (nSPS) is 10.5. The molecule has 0 heterocycles. The molecule has 132 valence electrons. The smallest absolute Gasteiger partial charge is 0.244 e. The van der Waals surface area contributed by atoms with E-state index in [0.29, 0.717) is 21.4 Å². The standard InChI is InChI=1S/C18H17Cl3N2O2/c1-10-7-11(2)18(14(20)8-10)22-16(25)9-23(12(3)24)15-6-4-5-13(19)17(15)21/h4-8H,9H2,1-3H3,(H,22,25). The Morgan fingerprint density at radius 1 is 1.08 bits per heavy atom. The number of carbonyl (C=O) groups excluding carboxylic acids is 2. The average molecular weight is 400 g/mol. The number of rotatable bonds is 4. The highest BCUT2D eigenvalue weighted by atomic mass is 35.5. The molecule has 0 aliphatic carbocycles. The van der Waals surface area contributed by atoms with Crippen molar-refractivity contribution < 1.29 is 9.59 Å². The lowest BCUT2D eigenvalue weighted by Crippen LogP contribution is -2.37. The van der Waals surface area contributed by atoms with Crippen LogP contribution in [0, 0.1) is 13.8 Å². The number of halogens is 3. The van der Waals surface area contributed by atoms with Crippen LogP contribution < -0.4 is 10.2 Å². The first-order valence-corrected chi connectivity index (χ1v) is 8.62. The molecular weight excluding hydrogens is 383 g/mol. The molecule has 2 aromatic carbocycles. The van der Waals surface area contributed by atoms with Gasteiger partial charge in [-0.05, 0) is 43.2 Å². The molecule has 0 bridgehead atoms. The zero-order chi connectivity index (χ0) is 18.7. The second-order valence-corrected chi connectivity index (χ2v) is 6.86.